The molecule has 0 heterocycles. The number of sulfonamides is 1. The smallest absolute Gasteiger partial charge is 0.264 e. The SMILES string of the molecule is CCC(C)NC(=O)C(Cc1ccccc1)N(Cc1ccccc1Cl)C(=O)CN(c1cccc(Br)c1)S(=O)(=O)c1ccccc1. The molecule has 10 heteroatoms. The van der Waals surface area contributed by atoms with E-state index < -0.39 is 28.5 Å². The van der Waals surface area contributed by atoms with Crippen molar-refractivity contribution in [3.63, 3.8) is 0 Å². The van der Waals surface area contributed by atoms with Crippen LogP contribution >= 0.6 is 27.5 Å². The molecule has 4 aromatic carbocycles. The lowest BCUT2D eigenvalue weighted by atomic mass is 10.0. The maximum Gasteiger partial charge on any atom is 0.264 e. The number of rotatable bonds is 13. The molecule has 4 rings (SSSR count). The highest BCUT2D eigenvalue weighted by atomic mass is 79.9. The van der Waals surface area contributed by atoms with Crippen LogP contribution in [-0.4, -0.2) is 43.8 Å². The summed E-state index contributed by atoms with van der Waals surface area (Å²) in [6, 6.07) is 30.2. The zero-order chi connectivity index (χ0) is 31.7. The van der Waals surface area contributed by atoms with Gasteiger partial charge in [0.15, 0.2) is 0 Å². The van der Waals surface area contributed by atoms with Crippen molar-refractivity contribution in [1.82, 2.24) is 10.2 Å². The fourth-order valence-electron chi connectivity index (χ4n) is 4.68. The van der Waals surface area contributed by atoms with Crippen LogP contribution in [0.15, 0.2) is 119 Å². The zero-order valence-corrected chi connectivity index (χ0v) is 27.7. The molecule has 2 amide bonds. The number of nitrogens with one attached hydrogen (secondary N) is 1. The molecule has 44 heavy (non-hydrogen) atoms. The lowest BCUT2D eigenvalue weighted by Gasteiger charge is -2.34. The van der Waals surface area contributed by atoms with Gasteiger partial charge in [-0.05, 0) is 60.9 Å². The average Bonchev–Trinajstić information content (AvgIpc) is 3.03. The van der Waals surface area contributed by atoms with Crippen molar-refractivity contribution in [2.75, 3.05) is 10.8 Å². The van der Waals surface area contributed by atoms with E-state index in [1.54, 1.807) is 60.7 Å². The molecule has 0 aliphatic heterocycles. The van der Waals surface area contributed by atoms with Crippen molar-refractivity contribution in [3.05, 3.63) is 130 Å². The number of hydrogen-bond acceptors (Lipinski definition) is 4. The van der Waals surface area contributed by atoms with E-state index in [2.05, 4.69) is 21.2 Å². The van der Waals surface area contributed by atoms with E-state index in [9.17, 15) is 18.0 Å². The first-order valence-electron chi connectivity index (χ1n) is 14.3. The molecule has 0 saturated carbocycles. The summed E-state index contributed by atoms with van der Waals surface area (Å²) in [7, 11) is -4.17. The minimum atomic E-state index is -4.17. The molecule has 4 aromatic rings. The summed E-state index contributed by atoms with van der Waals surface area (Å²) in [6.45, 7) is 3.33. The first-order valence-corrected chi connectivity index (χ1v) is 16.9. The van der Waals surface area contributed by atoms with Crippen LogP contribution in [0.4, 0.5) is 5.69 Å². The van der Waals surface area contributed by atoms with E-state index in [-0.39, 0.29) is 29.8 Å². The molecule has 2 atom stereocenters. The van der Waals surface area contributed by atoms with E-state index in [4.69, 9.17) is 11.6 Å². The monoisotopic (exact) mass is 695 g/mol. The minimum Gasteiger partial charge on any atom is -0.352 e. The summed E-state index contributed by atoms with van der Waals surface area (Å²) >= 11 is 9.97. The molecule has 0 fully saturated rings. The van der Waals surface area contributed by atoms with Gasteiger partial charge < -0.3 is 10.2 Å². The molecule has 1 N–H and O–H groups in total. The number of halogens is 2. The first-order chi connectivity index (χ1) is 21.1. The van der Waals surface area contributed by atoms with E-state index in [1.165, 1.54) is 17.0 Å². The molecule has 0 aliphatic rings. The summed E-state index contributed by atoms with van der Waals surface area (Å²) in [5.74, 6) is -0.881. The minimum absolute atomic E-state index is 0.00163. The highest BCUT2D eigenvalue weighted by molar-refractivity contribution is 9.10. The maximum atomic E-state index is 14.5. The van der Waals surface area contributed by atoms with Crippen molar-refractivity contribution >= 4 is 55.1 Å². The number of hydrogen-bond donors (Lipinski definition) is 1. The Labute approximate surface area is 273 Å². The Morgan fingerprint density at radius 1 is 0.886 bits per heavy atom. The van der Waals surface area contributed by atoms with Crippen molar-refractivity contribution < 1.29 is 18.0 Å². The molecular formula is C34H35BrClN3O4S. The van der Waals surface area contributed by atoms with E-state index in [1.807, 2.05) is 50.2 Å². The second kappa shape index (κ2) is 15.4. The average molecular weight is 697 g/mol. The van der Waals surface area contributed by atoms with Gasteiger partial charge in [0.05, 0.1) is 10.6 Å². The second-order valence-electron chi connectivity index (χ2n) is 10.4. The van der Waals surface area contributed by atoms with Gasteiger partial charge in [-0.2, -0.15) is 0 Å². The Bertz CT molecular complexity index is 1670. The number of anilines is 1. The van der Waals surface area contributed by atoms with Crippen LogP contribution in [0.1, 0.15) is 31.4 Å². The Balaban J connectivity index is 1.81. The van der Waals surface area contributed by atoms with Gasteiger partial charge in [0.25, 0.3) is 10.0 Å². The Kier molecular flexibility index (Phi) is 11.6. The Morgan fingerprint density at radius 3 is 2.16 bits per heavy atom. The van der Waals surface area contributed by atoms with Gasteiger partial charge in [0.1, 0.15) is 12.6 Å². The molecule has 0 bridgehead atoms. The predicted octanol–water partition coefficient (Wildman–Crippen LogP) is 6.85. The fourth-order valence-corrected chi connectivity index (χ4v) is 6.69. The normalized spacial score (nSPS) is 12.6. The van der Waals surface area contributed by atoms with E-state index in [0.29, 0.717) is 27.2 Å². The number of benzene rings is 4. The van der Waals surface area contributed by atoms with Gasteiger partial charge in [0.2, 0.25) is 11.8 Å². The topological polar surface area (TPSA) is 86.8 Å². The molecule has 0 aliphatic carbocycles. The van der Waals surface area contributed by atoms with Crippen LogP contribution in [-0.2, 0) is 32.6 Å². The van der Waals surface area contributed by atoms with Crippen molar-refractivity contribution in [2.45, 2.75) is 50.2 Å². The third kappa shape index (κ3) is 8.49. The van der Waals surface area contributed by atoms with Gasteiger partial charge in [-0.3, -0.25) is 13.9 Å². The quantitative estimate of drug-likeness (QED) is 0.166. The standard InChI is InChI=1S/C34H35BrClN3O4S/c1-3-25(2)37-34(41)32(21-26-13-6-4-7-14-26)38(23-27-15-10-11-20-31(27)36)33(40)24-39(29-17-12-16-28(35)22-29)44(42,43)30-18-8-5-9-19-30/h4-20,22,25,32H,3,21,23-24H2,1-2H3,(H,37,41). The highest BCUT2D eigenvalue weighted by Crippen LogP contribution is 2.28. The number of amides is 2. The van der Waals surface area contributed by atoms with Crippen LogP contribution in [0.5, 0.6) is 0 Å². The summed E-state index contributed by atoms with van der Waals surface area (Å²) in [5, 5.41) is 3.47. The zero-order valence-electron chi connectivity index (χ0n) is 24.6. The lowest BCUT2D eigenvalue weighted by Crippen LogP contribution is -2.54. The molecular weight excluding hydrogens is 662 g/mol. The van der Waals surface area contributed by atoms with Crippen LogP contribution in [0.3, 0.4) is 0 Å². The molecule has 230 valence electrons. The van der Waals surface area contributed by atoms with Crippen LogP contribution in [0.2, 0.25) is 5.02 Å². The maximum absolute atomic E-state index is 14.5. The van der Waals surface area contributed by atoms with Gasteiger partial charge in [-0.15, -0.1) is 0 Å². The number of carbonyl (C=O) groups is 2. The van der Waals surface area contributed by atoms with Crippen LogP contribution < -0.4 is 9.62 Å². The largest absolute Gasteiger partial charge is 0.352 e. The van der Waals surface area contributed by atoms with Gasteiger partial charge in [0, 0.05) is 28.5 Å². The predicted molar refractivity (Wildman–Crippen MR) is 179 cm³/mol. The molecule has 0 radical (unpaired) electrons. The third-order valence-corrected chi connectivity index (χ3v) is 9.93. The summed E-state index contributed by atoms with van der Waals surface area (Å²) in [5.41, 5.74) is 1.80. The summed E-state index contributed by atoms with van der Waals surface area (Å²) in [4.78, 5) is 29.8. The van der Waals surface area contributed by atoms with Crippen molar-refractivity contribution in [2.24, 2.45) is 0 Å². The van der Waals surface area contributed by atoms with E-state index >= 15 is 0 Å². The highest BCUT2D eigenvalue weighted by Gasteiger charge is 2.35. The second-order valence-corrected chi connectivity index (χ2v) is 13.6. The molecule has 7 nitrogen and oxygen atoms in total. The number of nitrogens with zero attached hydrogens (tertiary/aromatic N) is 2. The van der Waals surface area contributed by atoms with Crippen LogP contribution in [0, 0.1) is 0 Å². The summed E-state index contributed by atoms with van der Waals surface area (Å²) in [6.07, 6.45) is 0.926. The Hall–Kier alpha value is -3.66. The Morgan fingerprint density at radius 2 is 1.52 bits per heavy atom. The molecule has 0 saturated heterocycles. The van der Waals surface area contributed by atoms with E-state index in [0.717, 1.165) is 9.87 Å². The van der Waals surface area contributed by atoms with Crippen molar-refractivity contribution in [3.8, 4) is 0 Å². The summed E-state index contributed by atoms with van der Waals surface area (Å²) < 4.78 is 29.8. The molecule has 0 spiro atoms. The van der Waals surface area contributed by atoms with Gasteiger partial charge in [-0.1, -0.05) is 107 Å². The van der Waals surface area contributed by atoms with Crippen LogP contribution in [0.25, 0.3) is 0 Å². The molecule has 2 unspecified atom stereocenters. The molecule has 0 aromatic heterocycles. The number of carbonyl (C=O) groups excluding carboxylic acids is 2. The van der Waals surface area contributed by atoms with Gasteiger partial charge >= 0.3 is 0 Å². The van der Waals surface area contributed by atoms with Crippen molar-refractivity contribution in [1.29, 1.82) is 0 Å². The third-order valence-electron chi connectivity index (χ3n) is 7.28. The van der Waals surface area contributed by atoms with Gasteiger partial charge in [-0.25, -0.2) is 8.42 Å². The lowest BCUT2D eigenvalue weighted by molar-refractivity contribution is -0.140. The fraction of sp³-hybridized carbons (Fsp3) is 0.235. The first kappa shape index (κ1) is 33.2.